The Hall–Kier alpha value is -0.830. The van der Waals surface area contributed by atoms with Crippen molar-refractivity contribution in [1.29, 1.82) is 0 Å². The zero-order valence-corrected chi connectivity index (χ0v) is 11.1. The summed E-state index contributed by atoms with van der Waals surface area (Å²) in [5.74, 6) is 1.22. The molecule has 0 bridgehead atoms. The van der Waals surface area contributed by atoms with Gasteiger partial charge in [0.05, 0.1) is 19.0 Å². The number of hydrogen-bond acceptors (Lipinski definition) is 3. The van der Waals surface area contributed by atoms with Crippen LogP contribution >= 0.6 is 0 Å². The Balaban J connectivity index is 2.02. The second-order valence-electron chi connectivity index (χ2n) is 4.53. The topological polar surface area (TPSA) is 35.8 Å². The first kappa shape index (κ1) is 14.2. The van der Waals surface area contributed by atoms with Crippen LogP contribution in [-0.2, 0) is 0 Å². The van der Waals surface area contributed by atoms with Crippen LogP contribution in [0, 0.1) is 0 Å². The first-order valence-corrected chi connectivity index (χ1v) is 6.88. The van der Waals surface area contributed by atoms with Crippen molar-refractivity contribution in [3.8, 4) is 0 Å². The SMILES string of the molecule is C/C=C/CCCCCCC1=NCCN1CCO. The maximum absolute atomic E-state index is 8.93. The minimum atomic E-state index is 0.238. The molecule has 0 aromatic rings. The first-order chi connectivity index (χ1) is 8.38. The van der Waals surface area contributed by atoms with Crippen LogP contribution < -0.4 is 0 Å². The summed E-state index contributed by atoms with van der Waals surface area (Å²) in [6.45, 7) is 4.98. The van der Waals surface area contributed by atoms with Gasteiger partial charge in [-0.1, -0.05) is 25.0 Å². The highest BCUT2D eigenvalue weighted by Gasteiger charge is 2.14. The molecule has 1 N–H and O–H groups in total. The highest BCUT2D eigenvalue weighted by atomic mass is 16.3. The number of allylic oxidation sites excluding steroid dienone is 2. The lowest BCUT2D eigenvalue weighted by Gasteiger charge is -2.18. The van der Waals surface area contributed by atoms with Crippen LogP contribution in [-0.4, -0.2) is 42.1 Å². The van der Waals surface area contributed by atoms with E-state index in [4.69, 9.17) is 5.11 Å². The summed E-state index contributed by atoms with van der Waals surface area (Å²) >= 11 is 0. The number of aliphatic hydroxyl groups excluding tert-OH is 1. The monoisotopic (exact) mass is 238 g/mol. The molecule has 0 aliphatic carbocycles. The Morgan fingerprint density at radius 3 is 2.88 bits per heavy atom. The lowest BCUT2D eigenvalue weighted by atomic mass is 10.1. The van der Waals surface area contributed by atoms with Crippen molar-refractivity contribution in [2.24, 2.45) is 4.99 Å². The van der Waals surface area contributed by atoms with Crippen LogP contribution in [0.1, 0.15) is 45.4 Å². The zero-order chi connectivity index (χ0) is 12.3. The molecule has 1 aliphatic rings. The Kier molecular flexibility index (Phi) is 7.72. The maximum Gasteiger partial charge on any atom is 0.0991 e. The number of nitrogens with zero attached hydrogens (tertiary/aromatic N) is 2. The molecular formula is C14H26N2O. The van der Waals surface area contributed by atoms with Crippen LogP contribution in [0.5, 0.6) is 0 Å². The predicted molar refractivity (Wildman–Crippen MR) is 73.5 cm³/mol. The molecule has 1 rings (SSSR count). The summed E-state index contributed by atoms with van der Waals surface area (Å²) < 4.78 is 0. The Bertz CT molecular complexity index is 249. The van der Waals surface area contributed by atoms with Gasteiger partial charge in [-0.25, -0.2) is 0 Å². The van der Waals surface area contributed by atoms with Crippen molar-refractivity contribution in [2.75, 3.05) is 26.2 Å². The number of rotatable bonds is 9. The quantitative estimate of drug-likeness (QED) is 0.495. The van der Waals surface area contributed by atoms with Crippen LogP contribution in [0.3, 0.4) is 0 Å². The highest BCUT2D eigenvalue weighted by Crippen LogP contribution is 2.11. The summed E-state index contributed by atoms with van der Waals surface area (Å²) in [5, 5.41) is 8.93. The fourth-order valence-electron chi connectivity index (χ4n) is 2.19. The zero-order valence-electron chi connectivity index (χ0n) is 11.1. The number of amidine groups is 1. The van der Waals surface area contributed by atoms with E-state index in [0.29, 0.717) is 0 Å². The highest BCUT2D eigenvalue weighted by molar-refractivity contribution is 5.83. The summed E-state index contributed by atoms with van der Waals surface area (Å²) in [6.07, 6.45) is 11.8. The van der Waals surface area contributed by atoms with Gasteiger partial charge in [-0.3, -0.25) is 4.99 Å². The van der Waals surface area contributed by atoms with Crippen LogP contribution in [0.2, 0.25) is 0 Å². The summed E-state index contributed by atoms with van der Waals surface area (Å²) in [7, 11) is 0. The lowest BCUT2D eigenvalue weighted by Crippen LogP contribution is -2.30. The van der Waals surface area contributed by atoms with Gasteiger partial charge in [0.1, 0.15) is 0 Å². The number of β-amino-alcohol motifs (C(OH)–C–C–N with tert-alkyl or cyclic N) is 1. The number of aliphatic imine (C=N–C) groups is 1. The molecule has 0 saturated carbocycles. The molecule has 0 amide bonds. The van der Waals surface area contributed by atoms with Gasteiger partial charge in [0.25, 0.3) is 0 Å². The predicted octanol–water partition coefficient (Wildman–Crippen LogP) is 2.61. The molecule has 1 aliphatic heterocycles. The van der Waals surface area contributed by atoms with E-state index in [1.807, 2.05) is 0 Å². The molecular weight excluding hydrogens is 212 g/mol. The second-order valence-corrected chi connectivity index (χ2v) is 4.53. The third-order valence-electron chi connectivity index (χ3n) is 3.16. The second kappa shape index (κ2) is 9.23. The van der Waals surface area contributed by atoms with Crippen molar-refractivity contribution in [3.63, 3.8) is 0 Å². The standard InChI is InChI=1S/C14H26N2O/c1-2-3-4-5-6-7-8-9-14-15-10-11-16(14)12-13-17/h2-3,17H,4-13H2,1H3/b3-2+. The molecule has 0 radical (unpaired) electrons. The molecule has 0 saturated heterocycles. The molecule has 0 unspecified atom stereocenters. The summed E-state index contributed by atoms with van der Waals surface area (Å²) in [5.41, 5.74) is 0. The number of aliphatic hydroxyl groups is 1. The maximum atomic E-state index is 8.93. The van der Waals surface area contributed by atoms with Gasteiger partial charge in [0, 0.05) is 19.5 Å². The Morgan fingerprint density at radius 2 is 2.12 bits per heavy atom. The smallest absolute Gasteiger partial charge is 0.0991 e. The van der Waals surface area contributed by atoms with E-state index in [2.05, 4.69) is 29.0 Å². The molecule has 3 heteroatoms. The molecule has 0 spiro atoms. The van der Waals surface area contributed by atoms with E-state index < -0.39 is 0 Å². The third-order valence-corrected chi connectivity index (χ3v) is 3.16. The first-order valence-electron chi connectivity index (χ1n) is 6.88. The van der Waals surface area contributed by atoms with Crippen LogP contribution in [0.15, 0.2) is 17.1 Å². The average Bonchev–Trinajstić information content (AvgIpc) is 2.76. The van der Waals surface area contributed by atoms with E-state index in [1.165, 1.54) is 37.9 Å². The van der Waals surface area contributed by atoms with Crippen molar-refractivity contribution in [2.45, 2.75) is 45.4 Å². The molecule has 0 aromatic carbocycles. The molecule has 0 atom stereocenters. The van der Waals surface area contributed by atoms with Gasteiger partial charge >= 0.3 is 0 Å². The summed E-state index contributed by atoms with van der Waals surface area (Å²) in [6, 6.07) is 0. The molecule has 3 nitrogen and oxygen atoms in total. The van der Waals surface area contributed by atoms with Gasteiger partial charge in [-0.15, -0.1) is 0 Å². The van der Waals surface area contributed by atoms with Gasteiger partial charge in [-0.2, -0.15) is 0 Å². The molecule has 98 valence electrons. The number of unbranched alkanes of at least 4 members (excludes halogenated alkanes) is 4. The average molecular weight is 238 g/mol. The van der Waals surface area contributed by atoms with Gasteiger partial charge in [0.15, 0.2) is 0 Å². The van der Waals surface area contributed by atoms with E-state index in [9.17, 15) is 0 Å². The van der Waals surface area contributed by atoms with Crippen molar-refractivity contribution in [3.05, 3.63) is 12.2 Å². The molecule has 0 fully saturated rings. The van der Waals surface area contributed by atoms with E-state index in [0.717, 1.165) is 26.1 Å². The third kappa shape index (κ3) is 5.87. The summed E-state index contributed by atoms with van der Waals surface area (Å²) in [4.78, 5) is 6.73. The van der Waals surface area contributed by atoms with Gasteiger partial charge in [0.2, 0.25) is 0 Å². The minimum Gasteiger partial charge on any atom is -0.395 e. The van der Waals surface area contributed by atoms with E-state index in [-0.39, 0.29) is 6.61 Å². The number of hydrogen-bond donors (Lipinski definition) is 1. The normalized spacial score (nSPS) is 15.9. The lowest BCUT2D eigenvalue weighted by molar-refractivity contribution is 0.255. The van der Waals surface area contributed by atoms with Crippen molar-refractivity contribution in [1.82, 2.24) is 4.90 Å². The molecule has 0 aromatic heterocycles. The fourth-order valence-corrected chi connectivity index (χ4v) is 2.19. The van der Waals surface area contributed by atoms with Crippen LogP contribution in [0.25, 0.3) is 0 Å². The minimum absolute atomic E-state index is 0.238. The van der Waals surface area contributed by atoms with E-state index >= 15 is 0 Å². The molecule has 17 heavy (non-hydrogen) atoms. The fraction of sp³-hybridized carbons (Fsp3) is 0.786. The van der Waals surface area contributed by atoms with Gasteiger partial charge < -0.3 is 10.0 Å². The van der Waals surface area contributed by atoms with Crippen LogP contribution in [0.4, 0.5) is 0 Å². The molecule has 1 heterocycles. The largest absolute Gasteiger partial charge is 0.395 e. The van der Waals surface area contributed by atoms with E-state index in [1.54, 1.807) is 0 Å². The van der Waals surface area contributed by atoms with Crippen molar-refractivity contribution < 1.29 is 5.11 Å². The van der Waals surface area contributed by atoms with Gasteiger partial charge in [-0.05, 0) is 26.2 Å². The van der Waals surface area contributed by atoms with Crippen molar-refractivity contribution >= 4 is 5.84 Å². The Labute approximate surface area is 105 Å². The Morgan fingerprint density at radius 1 is 1.29 bits per heavy atom.